The third kappa shape index (κ3) is 1.99. The monoisotopic (exact) mass is 166 g/mol. The summed E-state index contributed by atoms with van der Waals surface area (Å²) in [6.45, 7) is 1.03. The van der Waals surface area contributed by atoms with Crippen LogP contribution in [0.25, 0.3) is 0 Å². The number of likely N-dealkylation sites (tertiary alicyclic amines) is 1. The second-order valence-corrected chi connectivity index (χ2v) is 2.70. The lowest BCUT2D eigenvalue weighted by atomic mass is 10.0. The van der Waals surface area contributed by atoms with Crippen molar-refractivity contribution in [3.63, 3.8) is 0 Å². The Balaban J connectivity index is 2.46. The average molecular weight is 166 g/mol. The van der Waals surface area contributed by atoms with E-state index in [1.165, 1.54) is 11.0 Å². The molecular weight excluding hydrogens is 156 g/mol. The maximum Gasteiger partial charge on any atom is 0.407 e. The third-order valence-electron chi connectivity index (χ3n) is 1.94. The number of hydrogen-bond donors (Lipinski definition) is 1. The molecule has 0 aromatic rings. The molecule has 64 valence electrons. The van der Waals surface area contributed by atoms with E-state index in [1.54, 1.807) is 0 Å². The SMILES string of the molecule is N#CC=C1CCN(C(=O)O)CC1. The lowest BCUT2D eigenvalue weighted by molar-refractivity contribution is 0.141. The second-order valence-electron chi connectivity index (χ2n) is 2.70. The molecular formula is C8H10N2O2. The van der Waals surface area contributed by atoms with Gasteiger partial charge >= 0.3 is 6.09 Å². The first-order chi connectivity index (χ1) is 5.74. The van der Waals surface area contributed by atoms with E-state index in [0.29, 0.717) is 25.9 Å². The first-order valence-corrected chi connectivity index (χ1v) is 3.79. The van der Waals surface area contributed by atoms with E-state index < -0.39 is 6.09 Å². The van der Waals surface area contributed by atoms with Crippen molar-refractivity contribution < 1.29 is 9.90 Å². The molecule has 1 aliphatic rings. The van der Waals surface area contributed by atoms with Crippen LogP contribution in [0.5, 0.6) is 0 Å². The minimum Gasteiger partial charge on any atom is -0.465 e. The molecule has 0 saturated carbocycles. The van der Waals surface area contributed by atoms with Gasteiger partial charge in [-0.05, 0) is 12.8 Å². The van der Waals surface area contributed by atoms with Crippen LogP contribution in [0.3, 0.4) is 0 Å². The first kappa shape index (κ1) is 8.60. The Morgan fingerprint density at radius 2 is 2.17 bits per heavy atom. The van der Waals surface area contributed by atoms with E-state index in [-0.39, 0.29) is 0 Å². The van der Waals surface area contributed by atoms with Crippen molar-refractivity contribution >= 4 is 6.09 Å². The molecule has 0 radical (unpaired) electrons. The van der Waals surface area contributed by atoms with Gasteiger partial charge in [0.1, 0.15) is 0 Å². The van der Waals surface area contributed by atoms with Crippen LogP contribution in [0.4, 0.5) is 4.79 Å². The van der Waals surface area contributed by atoms with Crippen molar-refractivity contribution in [3.05, 3.63) is 11.6 Å². The normalized spacial score (nSPS) is 16.9. The minimum atomic E-state index is -0.869. The van der Waals surface area contributed by atoms with Gasteiger partial charge in [0.05, 0.1) is 6.07 Å². The third-order valence-corrected chi connectivity index (χ3v) is 1.94. The molecule has 1 N–H and O–H groups in total. The summed E-state index contributed by atoms with van der Waals surface area (Å²) < 4.78 is 0. The summed E-state index contributed by atoms with van der Waals surface area (Å²) in [5, 5.41) is 16.9. The fourth-order valence-electron chi connectivity index (χ4n) is 1.22. The number of hydrogen-bond acceptors (Lipinski definition) is 2. The van der Waals surface area contributed by atoms with Gasteiger partial charge < -0.3 is 10.0 Å². The molecule has 0 unspecified atom stereocenters. The Labute approximate surface area is 70.7 Å². The van der Waals surface area contributed by atoms with Crippen molar-refractivity contribution in [2.45, 2.75) is 12.8 Å². The van der Waals surface area contributed by atoms with Crippen molar-refractivity contribution in [1.82, 2.24) is 4.90 Å². The summed E-state index contributed by atoms with van der Waals surface area (Å²) >= 11 is 0. The van der Waals surface area contributed by atoms with Crippen LogP contribution in [-0.2, 0) is 0 Å². The Morgan fingerprint density at radius 1 is 1.58 bits per heavy atom. The van der Waals surface area contributed by atoms with E-state index in [4.69, 9.17) is 10.4 Å². The number of rotatable bonds is 0. The molecule has 0 spiro atoms. The molecule has 1 heterocycles. The summed E-state index contributed by atoms with van der Waals surface area (Å²) in [6, 6.07) is 1.95. The number of carbonyl (C=O) groups is 1. The van der Waals surface area contributed by atoms with E-state index in [0.717, 1.165) is 5.57 Å². The van der Waals surface area contributed by atoms with Crippen LogP contribution in [-0.4, -0.2) is 29.2 Å². The van der Waals surface area contributed by atoms with Crippen LogP contribution in [0.1, 0.15) is 12.8 Å². The zero-order valence-electron chi connectivity index (χ0n) is 6.66. The molecule has 4 nitrogen and oxygen atoms in total. The lowest BCUT2D eigenvalue weighted by Gasteiger charge is -2.25. The number of piperidine rings is 1. The van der Waals surface area contributed by atoms with Gasteiger partial charge in [-0.2, -0.15) is 5.26 Å². The smallest absolute Gasteiger partial charge is 0.407 e. The van der Waals surface area contributed by atoms with Gasteiger partial charge in [0, 0.05) is 19.2 Å². The fourth-order valence-corrected chi connectivity index (χ4v) is 1.22. The van der Waals surface area contributed by atoms with Crippen molar-refractivity contribution in [3.8, 4) is 6.07 Å². The van der Waals surface area contributed by atoms with Crippen molar-refractivity contribution in [2.75, 3.05) is 13.1 Å². The van der Waals surface area contributed by atoms with Gasteiger partial charge in [-0.15, -0.1) is 0 Å². The Bertz CT molecular complexity index is 242. The molecule has 0 aliphatic carbocycles. The van der Waals surface area contributed by atoms with Gasteiger partial charge in [0.2, 0.25) is 0 Å². The summed E-state index contributed by atoms with van der Waals surface area (Å²) in [5.41, 5.74) is 1.05. The molecule has 0 aromatic heterocycles. The molecule has 0 atom stereocenters. The van der Waals surface area contributed by atoms with E-state index in [1.807, 2.05) is 6.07 Å². The second kappa shape index (κ2) is 3.77. The maximum absolute atomic E-state index is 10.5. The molecule has 1 amide bonds. The summed E-state index contributed by atoms with van der Waals surface area (Å²) in [7, 11) is 0. The first-order valence-electron chi connectivity index (χ1n) is 3.79. The molecule has 1 rings (SSSR count). The van der Waals surface area contributed by atoms with Crippen LogP contribution in [0, 0.1) is 11.3 Å². The standard InChI is InChI=1S/C8H10N2O2/c9-4-1-7-2-5-10(6-3-7)8(11)12/h1H,2-3,5-6H2,(H,11,12). The van der Waals surface area contributed by atoms with Crippen molar-refractivity contribution in [1.29, 1.82) is 5.26 Å². The van der Waals surface area contributed by atoms with Gasteiger partial charge in [-0.3, -0.25) is 0 Å². The van der Waals surface area contributed by atoms with Gasteiger partial charge in [-0.1, -0.05) is 5.57 Å². The van der Waals surface area contributed by atoms with Gasteiger partial charge in [0.25, 0.3) is 0 Å². The molecule has 12 heavy (non-hydrogen) atoms. The largest absolute Gasteiger partial charge is 0.465 e. The zero-order chi connectivity index (χ0) is 8.97. The minimum absolute atomic E-state index is 0.517. The highest BCUT2D eigenvalue weighted by Gasteiger charge is 2.17. The van der Waals surface area contributed by atoms with Gasteiger partial charge in [0.15, 0.2) is 0 Å². The number of amides is 1. The number of allylic oxidation sites excluding steroid dienone is 1. The van der Waals surface area contributed by atoms with Crippen LogP contribution >= 0.6 is 0 Å². The summed E-state index contributed by atoms with van der Waals surface area (Å²) in [5.74, 6) is 0. The molecule has 1 saturated heterocycles. The van der Waals surface area contributed by atoms with E-state index >= 15 is 0 Å². The number of carboxylic acid groups (broad SMARTS) is 1. The van der Waals surface area contributed by atoms with Crippen LogP contribution < -0.4 is 0 Å². The number of nitrogens with zero attached hydrogens (tertiary/aromatic N) is 2. The Hall–Kier alpha value is -1.50. The van der Waals surface area contributed by atoms with E-state index in [9.17, 15) is 4.79 Å². The molecule has 1 aliphatic heterocycles. The lowest BCUT2D eigenvalue weighted by Crippen LogP contribution is -2.35. The zero-order valence-corrected chi connectivity index (χ0v) is 6.66. The topological polar surface area (TPSA) is 64.3 Å². The highest BCUT2D eigenvalue weighted by Crippen LogP contribution is 2.15. The Kier molecular flexibility index (Phi) is 2.70. The Morgan fingerprint density at radius 3 is 2.58 bits per heavy atom. The van der Waals surface area contributed by atoms with Gasteiger partial charge in [-0.25, -0.2) is 4.79 Å². The average Bonchev–Trinajstić information content (AvgIpc) is 2.06. The predicted molar refractivity (Wildman–Crippen MR) is 42.5 cm³/mol. The van der Waals surface area contributed by atoms with Crippen LogP contribution in [0.15, 0.2) is 11.6 Å². The van der Waals surface area contributed by atoms with Crippen molar-refractivity contribution in [2.24, 2.45) is 0 Å². The predicted octanol–water partition coefficient (Wildman–Crippen LogP) is 1.21. The van der Waals surface area contributed by atoms with Crippen LogP contribution in [0.2, 0.25) is 0 Å². The quantitative estimate of drug-likeness (QED) is 0.550. The highest BCUT2D eigenvalue weighted by atomic mass is 16.4. The highest BCUT2D eigenvalue weighted by molar-refractivity contribution is 5.65. The molecule has 1 fully saturated rings. The number of nitriles is 1. The fraction of sp³-hybridized carbons (Fsp3) is 0.500. The summed E-state index contributed by atoms with van der Waals surface area (Å²) in [4.78, 5) is 11.8. The summed E-state index contributed by atoms with van der Waals surface area (Å²) in [6.07, 6.45) is 2.03. The maximum atomic E-state index is 10.5. The molecule has 4 heteroatoms. The van der Waals surface area contributed by atoms with E-state index in [2.05, 4.69) is 0 Å². The molecule has 0 bridgehead atoms. The molecule has 0 aromatic carbocycles.